The second-order valence-electron chi connectivity index (χ2n) is 11.4. The summed E-state index contributed by atoms with van der Waals surface area (Å²) in [6.07, 6.45) is -0.679. The molecule has 0 fully saturated rings. The van der Waals surface area contributed by atoms with Crippen LogP contribution in [0.2, 0.25) is 0 Å². The molecule has 1 rings (SSSR count). The lowest BCUT2D eigenvalue weighted by molar-refractivity contribution is -0.146. The number of amides is 3. The minimum atomic E-state index is -0.860. The molecule has 7 heteroatoms. The van der Waals surface area contributed by atoms with Crippen LogP contribution in [0.25, 0.3) is 0 Å². The highest BCUT2D eigenvalue weighted by Gasteiger charge is 2.39. The number of nitrogens with zero attached hydrogens (tertiary/aromatic N) is 1. The number of aryl methyl sites for hydroxylation is 2. The van der Waals surface area contributed by atoms with Gasteiger partial charge in [0.2, 0.25) is 11.8 Å². The topological polar surface area (TPSA) is 87.7 Å². The van der Waals surface area contributed by atoms with E-state index < -0.39 is 28.8 Å². The molecule has 0 heterocycles. The van der Waals surface area contributed by atoms with Gasteiger partial charge in [0.1, 0.15) is 18.2 Å². The summed E-state index contributed by atoms with van der Waals surface area (Å²) in [7, 11) is 0. The molecule has 0 saturated heterocycles. The highest BCUT2D eigenvalue weighted by molar-refractivity contribution is 5.91. The van der Waals surface area contributed by atoms with Crippen molar-refractivity contribution in [2.24, 2.45) is 0 Å². The van der Waals surface area contributed by atoms with Crippen molar-refractivity contribution in [2.45, 2.75) is 98.9 Å². The van der Waals surface area contributed by atoms with E-state index in [2.05, 4.69) is 10.6 Å². The summed E-state index contributed by atoms with van der Waals surface area (Å²) in [6, 6.07) is 5.01. The minimum Gasteiger partial charge on any atom is -0.444 e. The molecule has 3 amide bonds. The monoisotopic (exact) mass is 447 g/mol. The normalized spacial score (nSPS) is 13.2. The van der Waals surface area contributed by atoms with Crippen LogP contribution < -0.4 is 10.6 Å². The molecular weight excluding hydrogens is 406 g/mol. The average Bonchev–Trinajstić information content (AvgIpc) is 2.52. The first-order valence-corrected chi connectivity index (χ1v) is 11.0. The van der Waals surface area contributed by atoms with Gasteiger partial charge >= 0.3 is 6.09 Å². The minimum absolute atomic E-state index is 0.275. The van der Waals surface area contributed by atoms with Crippen LogP contribution in [0.4, 0.5) is 4.79 Å². The first-order valence-electron chi connectivity index (χ1n) is 11.0. The Kier molecular flexibility index (Phi) is 8.52. The second kappa shape index (κ2) is 9.92. The van der Waals surface area contributed by atoms with Crippen LogP contribution in [0.5, 0.6) is 0 Å². The van der Waals surface area contributed by atoms with Crippen molar-refractivity contribution in [3.05, 3.63) is 34.9 Å². The molecule has 1 unspecified atom stereocenters. The molecule has 0 spiro atoms. The summed E-state index contributed by atoms with van der Waals surface area (Å²) in [5.74, 6) is -0.653. The summed E-state index contributed by atoms with van der Waals surface area (Å²) in [4.78, 5) is 40.5. The molecule has 2 N–H and O–H groups in total. The first kappa shape index (κ1) is 27.5. The molecule has 0 bridgehead atoms. The molecule has 1 aromatic carbocycles. The molecule has 0 aliphatic carbocycles. The fraction of sp³-hybridized carbons (Fsp3) is 0.640. The number of rotatable bonds is 5. The van der Waals surface area contributed by atoms with Crippen LogP contribution >= 0.6 is 0 Å². The predicted octanol–water partition coefficient (Wildman–Crippen LogP) is 4.41. The van der Waals surface area contributed by atoms with Gasteiger partial charge in [-0.1, -0.05) is 29.3 Å². The van der Waals surface area contributed by atoms with Gasteiger partial charge in [-0.3, -0.25) is 9.59 Å². The highest BCUT2D eigenvalue weighted by atomic mass is 16.6. The van der Waals surface area contributed by atoms with Gasteiger partial charge in [0.05, 0.1) is 0 Å². The number of carbonyl (C=O) groups excluding carboxylic acids is 3. The fourth-order valence-corrected chi connectivity index (χ4v) is 3.48. The molecule has 1 aromatic rings. The van der Waals surface area contributed by atoms with Gasteiger partial charge in [-0.2, -0.15) is 0 Å². The van der Waals surface area contributed by atoms with E-state index in [4.69, 9.17) is 4.74 Å². The second-order valence-corrected chi connectivity index (χ2v) is 11.4. The van der Waals surface area contributed by atoms with Gasteiger partial charge < -0.3 is 20.3 Å². The maximum absolute atomic E-state index is 13.5. The Balaban J connectivity index is 3.39. The lowest BCUT2D eigenvalue weighted by Gasteiger charge is -2.42. The third-order valence-corrected chi connectivity index (χ3v) is 4.34. The molecule has 0 aliphatic heterocycles. The number of carbonyl (C=O) groups is 3. The number of hydrogen-bond donors (Lipinski definition) is 2. The Morgan fingerprint density at radius 2 is 1.41 bits per heavy atom. The third-order valence-electron chi connectivity index (χ3n) is 4.34. The van der Waals surface area contributed by atoms with Gasteiger partial charge in [-0.05, 0) is 81.7 Å². The Labute approximate surface area is 193 Å². The van der Waals surface area contributed by atoms with E-state index in [9.17, 15) is 14.4 Å². The molecule has 32 heavy (non-hydrogen) atoms. The van der Waals surface area contributed by atoms with Crippen LogP contribution in [0.1, 0.15) is 85.0 Å². The summed E-state index contributed by atoms with van der Waals surface area (Å²) in [6.45, 7) is 20.2. The lowest BCUT2D eigenvalue weighted by atomic mass is 9.93. The largest absolute Gasteiger partial charge is 0.444 e. The Hall–Kier alpha value is -2.57. The molecule has 0 saturated carbocycles. The SMILES string of the molecule is Cc1cc(C)cc(C(C(=O)NC(C)(C)C)N(C(=O)CNC(=O)OC(C)(C)C)C(C)(C)C)c1. The van der Waals surface area contributed by atoms with Crippen molar-refractivity contribution in [1.29, 1.82) is 0 Å². The zero-order chi connectivity index (χ0) is 25.1. The first-order chi connectivity index (χ1) is 14.3. The molecular formula is C25H41N3O4. The summed E-state index contributed by atoms with van der Waals surface area (Å²) in [5.41, 5.74) is 0.888. The molecule has 180 valence electrons. The van der Waals surface area contributed by atoms with Crippen molar-refractivity contribution in [3.8, 4) is 0 Å². The number of nitrogens with one attached hydrogen (secondary N) is 2. The van der Waals surface area contributed by atoms with Crippen LogP contribution in [0.3, 0.4) is 0 Å². The molecule has 0 aromatic heterocycles. The Morgan fingerprint density at radius 3 is 1.81 bits per heavy atom. The predicted molar refractivity (Wildman–Crippen MR) is 127 cm³/mol. The van der Waals surface area contributed by atoms with E-state index in [-0.39, 0.29) is 18.4 Å². The number of hydrogen-bond acceptors (Lipinski definition) is 4. The van der Waals surface area contributed by atoms with Crippen molar-refractivity contribution in [1.82, 2.24) is 15.5 Å². The average molecular weight is 448 g/mol. The van der Waals surface area contributed by atoms with E-state index in [1.807, 2.05) is 73.6 Å². The molecule has 1 atom stereocenters. The number of ether oxygens (including phenoxy) is 1. The van der Waals surface area contributed by atoms with Gasteiger partial charge in [-0.25, -0.2) is 4.79 Å². The van der Waals surface area contributed by atoms with Crippen molar-refractivity contribution in [3.63, 3.8) is 0 Å². The van der Waals surface area contributed by atoms with Crippen molar-refractivity contribution >= 4 is 17.9 Å². The highest BCUT2D eigenvalue weighted by Crippen LogP contribution is 2.31. The third kappa shape index (κ3) is 8.89. The van der Waals surface area contributed by atoms with Crippen LogP contribution in [-0.2, 0) is 14.3 Å². The van der Waals surface area contributed by atoms with E-state index in [1.165, 1.54) is 0 Å². The van der Waals surface area contributed by atoms with E-state index in [1.54, 1.807) is 25.7 Å². The van der Waals surface area contributed by atoms with E-state index in [0.29, 0.717) is 0 Å². The maximum atomic E-state index is 13.5. The molecule has 7 nitrogen and oxygen atoms in total. The fourth-order valence-electron chi connectivity index (χ4n) is 3.48. The lowest BCUT2D eigenvalue weighted by Crippen LogP contribution is -2.56. The Bertz CT molecular complexity index is 822. The van der Waals surface area contributed by atoms with Crippen molar-refractivity contribution < 1.29 is 19.1 Å². The number of alkyl carbamates (subject to hydrolysis) is 1. The molecule has 0 radical (unpaired) electrons. The smallest absolute Gasteiger partial charge is 0.408 e. The van der Waals surface area contributed by atoms with Gasteiger partial charge in [0.25, 0.3) is 0 Å². The van der Waals surface area contributed by atoms with E-state index >= 15 is 0 Å². The molecule has 0 aliphatic rings. The summed E-state index contributed by atoms with van der Waals surface area (Å²) in [5, 5.41) is 5.54. The van der Waals surface area contributed by atoms with Crippen LogP contribution in [0, 0.1) is 13.8 Å². The number of benzene rings is 1. The van der Waals surface area contributed by atoms with Gasteiger partial charge in [0, 0.05) is 11.1 Å². The van der Waals surface area contributed by atoms with Gasteiger partial charge in [0.15, 0.2) is 0 Å². The zero-order valence-corrected chi connectivity index (χ0v) is 21.6. The van der Waals surface area contributed by atoms with Crippen molar-refractivity contribution in [2.75, 3.05) is 6.54 Å². The summed E-state index contributed by atoms with van der Waals surface area (Å²) >= 11 is 0. The van der Waals surface area contributed by atoms with E-state index in [0.717, 1.165) is 16.7 Å². The van der Waals surface area contributed by atoms with Gasteiger partial charge in [-0.15, -0.1) is 0 Å². The summed E-state index contributed by atoms with van der Waals surface area (Å²) < 4.78 is 5.24. The standard InChI is InChI=1S/C25H41N3O4/c1-16-12-17(2)14-18(13-16)20(21(30)27-23(3,4)5)28(24(6,7)8)19(29)15-26-22(31)32-25(9,10)11/h12-14,20H,15H2,1-11H3,(H,26,31)(H,27,30). The maximum Gasteiger partial charge on any atom is 0.408 e. The quantitative estimate of drug-likeness (QED) is 0.700. The Morgan fingerprint density at radius 1 is 0.906 bits per heavy atom. The zero-order valence-electron chi connectivity index (χ0n) is 21.6. The van der Waals surface area contributed by atoms with Crippen LogP contribution in [0.15, 0.2) is 18.2 Å². The van der Waals surface area contributed by atoms with Crippen LogP contribution in [-0.4, -0.2) is 46.0 Å².